The number of nitrogens with one attached hydrogen (secondary N) is 4. The van der Waals surface area contributed by atoms with Crippen molar-refractivity contribution in [1.82, 2.24) is 45.3 Å². The molecule has 384 valence electrons. The smallest absolute Gasteiger partial charge is 0.407 e. The van der Waals surface area contributed by atoms with Gasteiger partial charge in [0.05, 0.1) is 48.7 Å². The van der Waals surface area contributed by atoms with Gasteiger partial charge in [0.2, 0.25) is 11.8 Å². The summed E-state index contributed by atoms with van der Waals surface area (Å²) in [5.41, 5.74) is 8.64. The monoisotopic (exact) mass is 992 g/mol. The molecular formula is C57H69N9O7. The van der Waals surface area contributed by atoms with Gasteiger partial charge in [-0.05, 0) is 128 Å². The molecule has 2 aromatic heterocycles. The highest BCUT2D eigenvalue weighted by molar-refractivity contribution is 6.08. The van der Waals surface area contributed by atoms with Gasteiger partial charge >= 0.3 is 12.2 Å². The van der Waals surface area contributed by atoms with Crippen LogP contribution in [0.1, 0.15) is 128 Å². The van der Waals surface area contributed by atoms with Crippen LogP contribution in [0.5, 0.6) is 0 Å². The summed E-state index contributed by atoms with van der Waals surface area (Å²) in [6.45, 7) is 15.3. The lowest BCUT2D eigenvalue weighted by atomic mass is 9.74. The van der Waals surface area contributed by atoms with Crippen molar-refractivity contribution in [3.63, 3.8) is 0 Å². The fourth-order valence-electron chi connectivity index (χ4n) is 11.6. The number of carbonyl (C=O) groups is 5. The molecule has 9 rings (SSSR count). The van der Waals surface area contributed by atoms with Crippen LogP contribution in [0.3, 0.4) is 0 Å². The molecule has 1 aliphatic carbocycles. The van der Waals surface area contributed by atoms with Gasteiger partial charge in [0, 0.05) is 30.6 Å². The normalized spacial score (nSPS) is 19.5. The fraction of sp³-hybridized carbons (Fsp3) is 0.456. The van der Waals surface area contributed by atoms with Gasteiger partial charge in [-0.3, -0.25) is 19.3 Å². The highest BCUT2D eigenvalue weighted by Gasteiger charge is 2.49. The number of carbonyl (C=O) groups excluding carboxylic acids is 5. The summed E-state index contributed by atoms with van der Waals surface area (Å²) in [7, 11) is 2.58. The number of hydrogen-bond acceptors (Lipinski definition) is 10. The number of H-pyrrole nitrogens is 2. The predicted molar refractivity (Wildman–Crippen MR) is 280 cm³/mol. The van der Waals surface area contributed by atoms with E-state index < -0.39 is 29.7 Å². The van der Waals surface area contributed by atoms with Crippen molar-refractivity contribution in [2.75, 3.05) is 40.4 Å². The Labute approximate surface area is 427 Å². The zero-order valence-electron chi connectivity index (χ0n) is 43.0. The molecule has 3 fully saturated rings. The van der Waals surface area contributed by atoms with Crippen LogP contribution in [0.15, 0.2) is 73.3 Å². The Morgan fingerprint density at radius 1 is 0.808 bits per heavy atom. The molecule has 73 heavy (non-hydrogen) atoms. The van der Waals surface area contributed by atoms with Crippen molar-refractivity contribution >= 4 is 53.0 Å². The van der Waals surface area contributed by atoms with Crippen LogP contribution in [0.2, 0.25) is 0 Å². The standard InChI is InChI=1S/C57H69N9O7/c1-8-41-42(59-51(58-41)45-19-13-27-65(45)53(68)48(34(2)3)62-55(70)72-6)18-12-17-37-21-23-39(40-32-57(50(67)47(37)40)25-29-64(30-26-57)33-36-15-10-9-11-16-36)38-22-24-43-44(31-38)61-52(60-43)46-20-14-28-66(46)54(69)49(35(4)5)63-56(71)73-7/h8-12,15-16,18,21-24,31,34-35,45-46,48-49H,1,13-14,17,19-20,25-30,32-33H2,2-7H3,(H,58,59)(H,60,61)(H,62,70)(H,63,71)/b18-12-/t45?,46?,48-,49-/m1/s1. The third-order valence-corrected chi connectivity index (χ3v) is 15.6. The number of piperidine rings is 1. The Hall–Kier alpha value is -7.07. The first-order chi connectivity index (χ1) is 35.2. The second-order valence-electron chi connectivity index (χ2n) is 20.9. The number of rotatable bonds is 15. The molecule has 0 saturated carbocycles. The highest BCUT2D eigenvalue weighted by atomic mass is 16.5. The minimum absolute atomic E-state index is 0.144. The lowest BCUT2D eigenvalue weighted by Gasteiger charge is -2.38. The lowest BCUT2D eigenvalue weighted by Crippen LogP contribution is -2.51. The van der Waals surface area contributed by atoms with E-state index in [1.807, 2.05) is 50.8 Å². The number of nitrogens with zero attached hydrogens (tertiary/aromatic N) is 5. The van der Waals surface area contributed by atoms with Gasteiger partial charge in [-0.2, -0.15) is 0 Å². The summed E-state index contributed by atoms with van der Waals surface area (Å²) < 4.78 is 9.66. The number of alkyl carbamates (subject to hydrolysis) is 2. The lowest BCUT2D eigenvalue weighted by molar-refractivity contribution is -0.136. The van der Waals surface area contributed by atoms with E-state index in [0.717, 1.165) is 103 Å². The molecule has 4 amide bonds. The summed E-state index contributed by atoms with van der Waals surface area (Å²) >= 11 is 0. The Morgan fingerprint density at radius 3 is 2.01 bits per heavy atom. The molecule has 3 saturated heterocycles. The quantitative estimate of drug-likeness (QED) is 0.0787. The average Bonchev–Trinajstić information content (AvgIpc) is 4.26. The number of imidazole rings is 2. The van der Waals surface area contributed by atoms with Crippen LogP contribution in [-0.4, -0.2) is 117 Å². The number of Topliss-reactive ketones (excluding diaryl/α,β-unsaturated/α-hetero) is 1. The molecule has 0 bridgehead atoms. The van der Waals surface area contributed by atoms with Crippen LogP contribution in [0.4, 0.5) is 9.59 Å². The SMILES string of the molecule is C=Cc1nc(C2CCCN2C(=O)[C@H](NC(=O)OC)C(C)C)[nH]c1/C=C\Cc1ccc(-c2ccc3nc(C4CCCN4C(=O)[C@H](NC(=O)OC)C(C)C)[nH]c3c2)c2c1C(=O)C1(CCN(Cc3ccccc3)CC1)C2. The first kappa shape index (κ1) is 50.9. The maximum Gasteiger partial charge on any atom is 0.407 e. The van der Waals surface area contributed by atoms with Gasteiger partial charge < -0.3 is 39.9 Å². The topological polar surface area (TPSA) is 195 Å². The van der Waals surface area contributed by atoms with Crippen molar-refractivity contribution in [2.24, 2.45) is 17.3 Å². The first-order valence-corrected chi connectivity index (χ1v) is 25.9. The molecule has 3 aliphatic heterocycles. The Morgan fingerprint density at radius 2 is 1.42 bits per heavy atom. The largest absolute Gasteiger partial charge is 0.453 e. The summed E-state index contributed by atoms with van der Waals surface area (Å²) in [4.78, 5) is 90.4. The molecule has 4 atom stereocenters. The Bertz CT molecular complexity index is 2910. The summed E-state index contributed by atoms with van der Waals surface area (Å²) in [5.74, 6) is 0.941. The van der Waals surface area contributed by atoms with Gasteiger partial charge in [0.15, 0.2) is 5.78 Å². The molecule has 16 nitrogen and oxygen atoms in total. The van der Waals surface area contributed by atoms with E-state index in [0.29, 0.717) is 43.3 Å². The average molecular weight is 992 g/mol. The van der Waals surface area contributed by atoms with Gasteiger partial charge in [-0.1, -0.05) is 88.9 Å². The first-order valence-electron chi connectivity index (χ1n) is 25.9. The molecule has 4 N–H and O–H groups in total. The Kier molecular flexibility index (Phi) is 15.0. The van der Waals surface area contributed by atoms with Crippen LogP contribution in [0, 0.1) is 17.3 Å². The van der Waals surface area contributed by atoms with Gasteiger partial charge in [-0.15, -0.1) is 0 Å². The second-order valence-corrected chi connectivity index (χ2v) is 20.9. The van der Waals surface area contributed by atoms with Crippen LogP contribution < -0.4 is 10.6 Å². The summed E-state index contributed by atoms with van der Waals surface area (Å²) in [5, 5.41) is 5.45. The molecule has 2 unspecified atom stereocenters. The second kappa shape index (κ2) is 21.6. The zero-order valence-corrected chi connectivity index (χ0v) is 43.0. The summed E-state index contributed by atoms with van der Waals surface area (Å²) in [6, 6.07) is 18.9. The molecule has 5 aromatic rings. The third kappa shape index (κ3) is 10.3. The van der Waals surface area contributed by atoms with E-state index in [4.69, 9.17) is 19.4 Å². The zero-order chi connectivity index (χ0) is 51.6. The molecule has 1 spiro atoms. The van der Waals surface area contributed by atoms with E-state index in [-0.39, 0.29) is 41.5 Å². The maximum atomic E-state index is 15.2. The molecule has 0 radical (unpaired) electrons. The molecular weight excluding hydrogens is 923 g/mol. The van der Waals surface area contributed by atoms with E-state index in [2.05, 4.69) is 86.7 Å². The van der Waals surface area contributed by atoms with E-state index in [1.165, 1.54) is 19.8 Å². The Balaban J connectivity index is 0.996. The van der Waals surface area contributed by atoms with E-state index >= 15 is 4.79 Å². The van der Waals surface area contributed by atoms with Crippen molar-refractivity contribution in [3.8, 4) is 11.1 Å². The number of ketones is 1. The van der Waals surface area contributed by atoms with Crippen LogP contribution >= 0.6 is 0 Å². The molecule has 5 heterocycles. The van der Waals surface area contributed by atoms with Crippen LogP contribution in [0.25, 0.3) is 34.3 Å². The van der Waals surface area contributed by atoms with Crippen molar-refractivity contribution in [2.45, 2.75) is 110 Å². The third-order valence-electron chi connectivity index (χ3n) is 15.6. The van der Waals surface area contributed by atoms with Crippen molar-refractivity contribution in [3.05, 3.63) is 119 Å². The minimum Gasteiger partial charge on any atom is -0.453 e. The summed E-state index contributed by atoms with van der Waals surface area (Å²) in [6.07, 6.45) is 10.2. The van der Waals surface area contributed by atoms with Gasteiger partial charge in [0.25, 0.3) is 0 Å². The number of fused-ring (bicyclic) bond motifs is 2. The van der Waals surface area contributed by atoms with E-state index in [1.54, 1.807) is 11.0 Å². The minimum atomic E-state index is -0.742. The van der Waals surface area contributed by atoms with Gasteiger partial charge in [-0.25, -0.2) is 19.6 Å². The molecule has 4 aliphatic rings. The number of ether oxygens (including phenoxy) is 2. The van der Waals surface area contributed by atoms with Gasteiger partial charge in [0.1, 0.15) is 23.7 Å². The number of hydrogen-bond donors (Lipinski definition) is 4. The number of allylic oxidation sites excluding steroid dienone is 1. The highest BCUT2D eigenvalue weighted by Crippen LogP contribution is 2.49. The number of aromatic nitrogens is 4. The number of aromatic amines is 2. The fourth-order valence-corrected chi connectivity index (χ4v) is 11.6. The number of likely N-dealkylation sites (tertiary alicyclic amines) is 3. The number of amides is 4. The predicted octanol–water partition coefficient (Wildman–Crippen LogP) is 8.96. The number of benzene rings is 3. The van der Waals surface area contributed by atoms with Crippen molar-refractivity contribution < 1.29 is 33.4 Å². The van der Waals surface area contributed by atoms with Crippen molar-refractivity contribution in [1.29, 1.82) is 0 Å². The van der Waals surface area contributed by atoms with Crippen LogP contribution in [-0.2, 0) is 38.4 Å². The van der Waals surface area contributed by atoms with E-state index in [9.17, 15) is 19.2 Å². The number of methoxy groups -OCH3 is 2. The maximum absolute atomic E-state index is 15.2. The molecule has 3 aromatic carbocycles. The molecule has 16 heteroatoms.